The van der Waals surface area contributed by atoms with Gasteiger partial charge in [-0.3, -0.25) is 9.59 Å². The van der Waals surface area contributed by atoms with Crippen LogP contribution >= 0.6 is 0 Å². The third kappa shape index (κ3) is 4.19. The van der Waals surface area contributed by atoms with Gasteiger partial charge in [0.1, 0.15) is 5.75 Å². The molecular formula is C19H21NO3. The molecule has 4 heteroatoms. The standard InChI is InChI=1S/C19H21NO3/c1-4-16(21)15-10-5-6-11-17(15)23-12-18(22)20-19-13(2)8-7-9-14(19)3/h5-11H,4,12H2,1-3H3,(H,20,22). The largest absolute Gasteiger partial charge is 0.483 e. The lowest BCUT2D eigenvalue weighted by atomic mass is 10.1. The molecule has 1 N–H and O–H groups in total. The number of aryl methyl sites for hydroxylation is 2. The molecule has 4 nitrogen and oxygen atoms in total. The molecular weight excluding hydrogens is 290 g/mol. The van der Waals surface area contributed by atoms with Crippen molar-refractivity contribution in [2.24, 2.45) is 0 Å². The molecule has 2 aromatic carbocycles. The summed E-state index contributed by atoms with van der Waals surface area (Å²) in [6.07, 6.45) is 0.398. The molecule has 2 aromatic rings. The Morgan fingerprint density at radius 3 is 2.30 bits per heavy atom. The fourth-order valence-electron chi connectivity index (χ4n) is 2.34. The van der Waals surface area contributed by atoms with Crippen molar-refractivity contribution in [3.8, 4) is 5.75 Å². The van der Waals surface area contributed by atoms with Crippen molar-refractivity contribution in [1.29, 1.82) is 0 Å². The van der Waals surface area contributed by atoms with Crippen LogP contribution in [0.3, 0.4) is 0 Å². The van der Waals surface area contributed by atoms with Gasteiger partial charge in [-0.2, -0.15) is 0 Å². The lowest BCUT2D eigenvalue weighted by Crippen LogP contribution is -2.21. The van der Waals surface area contributed by atoms with Gasteiger partial charge >= 0.3 is 0 Å². The summed E-state index contributed by atoms with van der Waals surface area (Å²) in [7, 11) is 0. The van der Waals surface area contributed by atoms with Gasteiger partial charge in [0.05, 0.1) is 5.56 Å². The Hall–Kier alpha value is -2.62. The predicted octanol–water partition coefficient (Wildman–Crippen LogP) is 3.91. The van der Waals surface area contributed by atoms with Crippen molar-refractivity contribution in [3.63, 3.8) is 0 Å². The second-order valence-electron chi connectivity index (χ2n) is 5.38. The summed E-state index contributed by atoms with van der Waals surface area (Å²) >= 11 is 0. The average molecular weight is 311 g/mol. The van der Waals surface area contributed by atoms with Crippen LogP contribution < -0.4 is 10.1 Å². The van der Waals surface area contributed by atoms with E-state index in [-0.39, 0.29) is 18.3 Å². The number of hydrogen-bond acceptors (Lipinski definition) is 3. The van der Waals surface area contributed by atoms with Gasteiger partial charge in [-0.05, 0) is 37.1 Å². The van der Waals surface area contributed by atoms with Crippen molar-refractivity contribution in [3.05, 3.63) is 59.2 Å². The van der Waals surface area contributed by atoms with Crippen LogP contribution in [0.1, 0.15) is 34.8 Å². The van der Waals surface area contributed by atoms with Gasteiger partial charge in [-0.25, -0.2) is 0 Å². The second kappa shape index (κ2) is 7.58. The van der Waals surface area contributed by atoms with E-state index in [1.807, 2.05) is 32.0 Å². The highest BCUT2D eigenvalue weighted by molar-refractivity contribution is 5.98. The Morgan fingerprint density at radius 1 is 1.00 bits per heavy atom. The van der Waals surface area contributed by atoms with E-state index < -0.39 is 0 Å². The molecule has 0 saturated heterocycles. The molecule has 0 aliphatic carbocycles. The molecule has 120 valence electrons. The summed E-state index contributed by atoms with van der Waals surface area (Å²) in [6.45, 7) is 5.55. The molecule has 1 amide bonds. The molecule has 0 saturated carbocycles. The first-order valence-electron chi connectivity index (χ1n) is 7.64. The van der Waals surface area contributed by atoms with Gasteiger partial charge in [0.25, 0.3) is 5.91 Å². The van der Waals surface area contributed by atoms with Crippen LogP contribution in [0, 0.1) is 13.8 Å². The third-order valence-electron chi connectivity index (χ3n) is 3.61. The van der Waals surface area contributed by atoms with Gasteiger partial charge in [0.15, 0.2) is 12.4 Å². The van der Waals surface area contributed by atoms with Gasteiger partial charge in [-0.15, -0.1) is 0 Å². The number of hydrogen-bond donors (Lipinski definition) is 1. The number of benzene rings is 2. The number of nitrogens with one attached hydrogen (secondary N) is 1. The zero-order valence-electron chi connectivity index (χ0n) is 13.7. The lowest BCUT2D eigenvalue weighted by Gasteiger charge is -2.13. The summed E-state index contributed by atoms with van der Waals surface area (Å²) in [5, 5.41) is 2.86. The molecule has 0 aromatic heterocycles. The van der Waals surface area contributed by atoms with Crippen LogP contribution in [0.25, 0.3) is 0 Å². The molecule has 0 bridgehead atoms. The zero-order chi connectivity index (χ0) is 16.8. The van der Waals surface area contributed by atoms with Crippen molar-refractivity contribution < 1.29 is 14.3 Å². The molecule has 0 heterocycles. The van der Waals surface area contributed by atoms with E-state index in [1.54, 1.807) is 31.2 Å². The van der Waals surface area contributed by atoms with Crippen LogP contribution in [0.2, 0.25) is 0 Å². The summed E-state index contributed by atoms with van der Waals surface area (Å²) < 4.78 is 5.54. The molecule has 23 heavy (non-hydrogen) atoms. The molecule has 0 aliphatic heterocycles. The van der Waals surface area contributed by atoms with E-state index in [2.05, 4.69) is 5.32 Å². The van der Waals surface area contributed by atoms with Gasteiger partial charge in [0.2, 0.25) is 0 Å². The van der Waals surface area contributed by atoms with Crippen LogP contribution in [-0.2, 0) is 4.79 Å². The number of carbonyl (C=O) groups is 2. The number of carbonyl (C=O) groups excluding carboxylic acids is 2. The van der Waals surface area contributed by atoms with Crippen molar-refractivity contribution in [2.75, 3.05) is 11.9 Å². The fraction of sp³-hybridized carbons (Fsp3) is 0.263. The quantitative estimate of drug-likeness (QED) is 0.823. The first-order chi connectivity index (χ1) is 11.0. The Labute approximate surface area is 136 Å². The molecule has 2 rings (SSSR count). The van der Waals surface area contributed by atoms with Gasteiger partial charge in [-0.1, -0.05) is 37.3 Å². The maximum absolute atomic E-state index is 12.1. The minimum Gasteiger partial charge on any atom is -0.483 e. The van der Waals surface area contributed by atoms with E-state index in [1.165, 1.54) is 0 Å². The van der Waals surface area contributed by atoms with Crippen LogP contribution in [0.5, 0.6) is 5.75 Å². The average Bonchev–Trinajstić information content (AvgIpc) is 2.56. The Kier molecular flexibility index (Phi) is 5.52. The molecule has 0 spiro atoms. The number of ketones is 1. The van der Waals surface area contributed by atoms with Crippen molar-refractivity contribution in [2.45, 2.75) is 27.2 Å². The maximum Gasteiger partial charge on any atom is 0.262 e. The summed E-state index contributed by atoms with van der Waals surface area (Å²) in [4.78, 5) is 24.0. The Morgan fingerprint density at radius 2 is 1.65 bits per heavy atom. The molecule has 0 aliphatic rings. The Balaban J connectivity index is 2.04. The zero-order valence-corrected chi connectivity index (χ0v) is 13.7. The minimum absolute atomic E-state index is 0.00393. The highest BCUT2D eigenvalue weighted by Crippen LogP contribution is 2.21. The molecule has 0 atom stereocenters. The van der Waals surface area contributed by atoms with Crippen LogP contribution in [0.15, 0.2) is 42.5 Å². The minimum atomic E-state index is -0.249. The first kappa shape index (κ1) is 16.7. The fourth-order valence-corrected chi connectivity index (χ4v) is 2.34. The summed E-state index contributed by atoms with van der Waals surface area (Å²) in [6, 6.07) is 12.8. The normalized spacial score (nSPS) is 10.2. The summed E-state index contributed by atoms with van der Waals surface area (Å²) in [5.74, 6) is 0.188. The number of Topliss-reactive ketones (excluding diaryl/α,β-unsaturated/α-hetero) is 1. The SMILES string of the molecule is CCC(=O)c1ccccc1OCC(=O)Nc1c(C)cccc1C. The number of rotatable bonds is 6. The van der Waals surface area contributed by atoms with E-state index in [0.29, 0.717) is 17.7 Å². The van der Waals surface area contributed by atoms with Crippen molar-refractivity contribution in [1.82, 2.24) is 0 Å². The topological polar surface area (TPSA) is 55.4 Å². The smallest absolute Gasteiger partial charge is 0.262 e. The van der Waals surface area contributed by atoms with E-state index in [0.717, 1.165) is 16.8 Å². The first-order valence-corrected chi connectivity index (χ1v) is 7.64. The lowest BCUT2D eigenvalue weighted by molar-refractivity contribution is -0.118. The highest BCUT2D eigenvalue weighted by Gasteiger charge is 2.12. The van der Waals surface area contributed by atoms with E-state index in [4.69, 9.17) is 4.74 Å². The van der Waals surface area contributed by atoms with Gasteiger partial charge < -0.3 is 10.1 Å². The second-order valence-corrected chi connectivity index (χ2v) is 5.38. The van der Waals surface area contributed by atoms with Crippen molar-refractivity contribution >= 4 is 17.4 Å². The highest BCUT2D eigenvalue weighted by atomic mass is 16.5. The maximum atomic E-state index is 12.1. The molecule has 0 radical (unpaired) electrons. The van der Waals surface area contributed by atoms with E-state index in [9.17, 15) is 9.59 Å². The summed E-state index contributed by atoms with van der Waals surface area (Å²) in [5.41, 5.74) is 3.31. The third-order valence-corrected chi connectivity index (χ3v) is 3.61. The predicted molar refractivity (Wildman–Crippen MR) is 91.1 cm³/mol. The number of amides is 1. The number of anilines is 1. The van der Waals surface area contributed by atoms with Gasteiger partial charge in [0, 0.05) is 12.1 Å². The number of ether oxygens (including phenoxy) is 1. The molecule has 0 fully saturated rings. The van der Waals surface area contributed by atoms with E-state index >= 15 is 0 Å². The van der Waals surface area contributed by atoms with Crippen LogP contribution in [-0.4, -0.2) is 18.3 Å². The number of para-hydroxylation sites is 2. The Bertz CT molecular complexity index is 702. The van der Waals surface area contributed by atoms with Crippen LogP contribution in [0.4, 0.5) is 5.69 Å². The monoisotopic (exact) mass is 311 g/mol. The molecule has 0 unspecified atom stereocenters.